The molecule has 4 heteroatoms. The molecule has 0 aromatic heterocycles. The number of rotatable bonds is 18. The molecule has 0 spiro atoms. The van der Waals surface area contributed by atoms with Gasteiger partial charge in [-0.1, -0.05) is 47.5 Å². The van der Waals surface area contributed by atoms with Crippen LogP contribution in [-0.4, -0.2) is 87.7 Å². The quantitative estimate of drug-likeness (QED) is 0.385. The molecule has 0 rings (SSSR count). The number of unbranched alkanes of at least 4 members (excludes halogenated alkanes) is 1. The van der Waals surface area contributed by atoms with Crippen molar-refractivity contribution in [3.05, 3.63) is 0 Å². The van der Waals surface area contributed by atoms with Crippen LogP contribution in [0.2, 0.25) is 0 Å². The van der Waals surface area contributed by atoms with Gasteiger partial charge in [-0.25, -0.2) is 0 Å². The number of hydrogen-bond donors (Lipinski definition) is 1. The normalized spacial score (nSPS) is 14.7. The summed E-state index contributed by atoms with van der Waals surface area (Å²) in [4.78, 5) is 7.43. The molecule has 0 saturated heterocycles. The molecule has 0 aromatic carbocycles. The molecule has 0 aliphatic rings. The van der Waals surface area contributed by atoms with Crippen molar-refractivity contribution in [1.82, 2.24) is 20.0 Å². The van der Waals surface area contributed by atoms with Gasteiger partial charge in [0.05, 0.1) is 0 Å². The highest BCUT2D eigenvalue weighted by molar-refractivity contribution is 4.69. The van der Waals surface area contributed by atoms with Gasteiger partial charge in [0.1, 0.15) is 0 Å². The molecule has 0 fully saturated rings. The average molecular weight is 385 g/mol. The highest BCUT2D eigenvalue weighted by Gasteiger charge is 2.10. The third kappa shape index (κ3) is 16.5. The summed E-state index contributed by atoms with van der Waals surface area (Å²) < 4.78 is 0. The predicted molar refractivity (Wildman–Crippen MR) is 123 cm³/mol. The second-order valence-electron chi connectivity index (χ2n) is 9.32. The molecule has 2 atom stereocenters. The highest BCUT2D eigenvalue weighted by Crippen LogP contribution is 2.09. The van der Waals surface area contributed by atoms with Crippen molar-refractivity contribution in [2.45, 2.75) is 72.8 Å². The molecule has 1 N–H and O–H groups in total. The Morgan fingerprint density at radius 1 is 0.741 bits per heavy atom. The number of likely N-dealkylation sites (N-methyl/N-ethyl adjacent to an activating group) is 2. The average Bonchev–Trinajstić information content (AvgIpc) is 2.60. The molecule has 0 amide bonds. The summed E-state index contributed by atoms with van der Waals surface area (Å²) in [6.45, 7) is 19.8. The van der Waals surface area contributed by atoms with Crippen molar-refractivity contribution in [3.63, 3.8) is 0 Å². The molecular weight excluding hydrogens is 332 g/mol. The van der Waals surface area contributed by atoms with E-state index in [0.717, 1.165) is 38.0 Å². The molecule has 4 nitrogen and oxygen atoms in total. The summed E-state index contributed by atoms with van der Waals surface area (Å²) in [5.74, 6) is 1.57. The first-order valence-electron chi connectivity index (χ1n) is 11.6. The molecule has 0 aromatic rings. The van der Waals surface area contributed by atoms with E-state index in [1.165, 1.54) is 51.7 Å². The van der Waals surface area contributed by atoms with Crippen LogP contribution in [0.3, 0.4) is 0 Å². The lowest BCUT2D eigenvalue weighted by Crippen LogP contribution is -2.40. The minimum Gasteiger partial charge on any atom is -0.313 e. The Bertz CT molecular complexity index is 322. The molecular formula is C23H52N4. The van der Waals surface area contributed by atoms with Crippen LogP contribution in [0.4, 0.5) is 0 Å². The van der Waals surface area contributed by atoms with Gasteiger partial charge in [-0.3, -0.25) is 0 Å². The fourth-order valence-electron chi connectivity index (χ4n) is 3.72. The smallest absolute Gasteiger partial charge is 0.0107 e. The maximum absolute atomic E-state index is 3.78. The fourth-order valence-corrected chi connectivity index (χ4v) is 3.72. The zero-order valence-electron chi connectivity index (χ0n) is 20.1. The monoisotopic (exact) mass is 384 g/mol. The van der Waals surface area contributed by atoms with Crippen molar-refractivity contribution < 1.29 is 0 Å². The first kappa shape index (κ1) is 26.8. The van der Waals surface area contributed by atoms with E-state index in [0.29, 0.717) is 6.04 Å². The molecule has 0 radical (unpaired) electrons. The van der Waals surface area contributed by atoms with E-state index in [1.807, 2.05) is 0 Å². The summed E-state index contributed by atoms with van der Waals surface area (Å²) in [6, 6.07) is 0.649. The van der Waals surface area contributed by atoms with Crippen molar-refractivity contribution in [1.29, 1.82) is 0 Å². The zero-order chi connectivity index (χ0) is 20.7. The molecule has 0 saturated carbocycles. The largest absolute Gasteiger partial charge is 0.313 e. The molecule has 0 heterocycles. The molecule has 164 valence electrons. The van der Waals surface area contributed by atoms with Gasteiger partial charge in [-0.05, 0) is 58.8 Å². The lowest BCUT2D eigenvalue weighted by Gasteiger charge is -2.26. The maximum atomic E-state index is 3.78. The van der Waals surface area contributed by atoms with Crippen LogP contribution in [0.15, 0.2) is 0 Å². The van der Waals surface area contributed by atoms with E-state index < -0.39 is 0 Å². The Kier molecular flexibility index (Phi) is 16.7. The Balaban J connectivity index is 3.87. The van der Waals surface area contributed by atoms with Crippen molar-refractivity contribution in [3.8, 4) is 0 Å². The van der Waals surface area contributed by atoms with Gasteiger partial charge >= 0.3 is 0 Å². The third-order valence-electron chi connectivity index (χ3n) is 5.49. The van der Waals surface area contributed by atoms with E-state index in [4.69, 9.17) is 0 Å². The van der Waals surface area contributed by atoms with E-state index in [9.17, 15) is 0 Å². The van der Waals surface area contributed by atoms with Gasteiger partial charge in [-0.2, -0.15) is 0 Å². The van der Waals surface area contributed by atoms with E-state index in [2.05, 4.69) is 75.8 Å². The third-order valence-corrected chi connectivity index (χ3v) is 5.49. The number of hydrogen-bond acceptors (Lipinski definition) is 4. The summed E-state index contributed by atoms with van der Waals surface area (Å²) in [7, 11) is 6.77. The van der Waals surface area contributed by atoms with Crippen LogP contribution in [0.5, 0.6) is 0 Å². The summed E-state index contributed by atoms with van der Waals surface area (Å²) in [6.07, 6.45) is 6.54. The molecule has 0 aliphatic heterocycles. The molecule has 0 aliphatic carbocycles. The minimum absolute atomic E-state index is 0.649. The summed E-state index contributed by atoms with van der Waals surface area (Å²) in [5, 5.41) is 3.78. The topological polar surface area (TPSA) is 21.8 Å². The molecule has 0 bridgehead atoms. The fraction of sp³-hybridized carbons (Fsp3) is 1.00. The number of nitrogens with zero attached hydrogens (tertiary/aromatic N) is 3. The Morgan fingerprint density at radius 2 is 1.37 bits per heavy atom. The van der Waals surface area contributed by atoms with Crippen LogP contribution < -0.4 is 5.32 Å². The predicted octanol–water partition coefficient (Wildman–Crippen LogP) is 4.02. The minimum atomic E-state index is 0.649. The van der Waals surface area contributed by atoms with Crippen molar-refractivity contribution in [2.75, 3.05) is 67.0 Å². The van der Waals surface area contributed by atoms with Gasteiger partial charge in [-0.15, -0.1) is 0 Å². The van der Waals surface area contributed by atoms with Crippen molar-refractivity contribution >= 4 is 0 Å². The van der Waals surface area contributed by atoms with Gasteiger partial charge in [0.2, 0.25) is 0 Å². The maximum Gasteiger partial charge on any atom is 0.0107 e. The Morgan fingerprint density at radius 3 is 1.96 bits per heavy atom. The van der Waals surface area contributed by atoms with E-state index >= 15 is 0 Å². The summed E-state index contributed by atoms with van der Waals surface area (Å²) >= 11 is 0. The highest BCUT2D eigenvalue weighted by atomic mass is 15.2. The second-order valence-corrected chi connectivity index (χ2v) is 9.32. The molecule has 27 heavy (non-hydrogen) atoms. The SMILES string of the molecule is CCCCC(C)CN(C)CCC(CC)NCCN(C)CCN(C)CC(C)C. The van der Waals surface area contributed by atoms with Crippen LogP contribution in [-0.2, 0) is 0 Å². The van der Waals surface area contributed by atoms with Crippen LogP contribution in [0.1, 0.15) is 66.7 Å². The van der Waals surface area contributed by atoms with E-state index in [-0.39, 0.29) is 0 Å². The Labute approximate surface area is 172 Å². The molecule has 2 unspecified atom stereocenters. The van der Waals surface area contributed by atoms with Crippen molar-refractivity contribution in [2.24, 2.45) is 11.8 Å². The van der Waals surface area contributed by atoms with Gasteiger partial charge in [0, 0.05) is 45.3 Å². The lowest BCUT2D eigenvalue weighted by molar-refractivity contribution is 0.233. The van der Waals surface area contributed by atoms with E-state index in [1.54, 1.807) is 0 Å². The van der Waals surface area contributed by atoms with Crippen LogP contribution in [0, 0.1) is 11.8 Å². The Hall–Kier alpha value is -0.160. The summed E-state index contributed by atoms with van der Waals surface area (Å²) in [5.41, 5.74) is 0. The second kappa shape index (κ2) is 16.8. The first-order chi connectivity index (χ1) is 12.8. The van der Waals surface area contributed by atoms with Gasteiger partial charge in [0.15, 0.2) is 0 Å². The zero-order valence-corrected chi connectivity index (χ0v) is 20.1. The van der Waals surface area contributed by atoms with Crippen LogP contribution in [0.25, 0.3) is 0 Å². The van der Waals surface area contributed by atoms with Gasteiger partial charge < -0.3 is 20.0 Å². The van der Waals surface area contributed by atoms with Gasteiger partial charge in [0.25, 0.3) is 0 Å². The number of nitrogens with one attached hydrogen (secondary N) is 1. The standard InChI is InChI=1S/C23H52N4/c1-9-11-12-22(5)20-26(7)15-13-23(10-2)24-14-16-25(6)17-18-27(8)19-21(3)4/h21-24H,9-20H2,1-8H3. The first-order valence-corrected chi connectivity index (χ1v) is 11.6. The van der Waals surface area contributed by atoms with Crippen LogP contribution >= 0.6 is 0 Å². The lowest BCUT2D eigenvalue weighted by atomic mass is 10.0.